The SMILES string of the molecule is CN=C1SCC(O)(c2ccc(Cl)c(S(N)(=O)=O)c2)N1C.NS(=O)(=O)O. The summed E-state index contributed by atoms with van der Waals surface area (Å²) in [5, 5.41) is 20.5. The van der Waals surface area contributed by atoms with Crippen molar-refractivity contribution in [3.8, 4) is 0 Å². The molecule has 1 unspecified atom stereocenters. The quantitative estimate of drug-likeness (QED) is 0.453. The molecule has 14 heteroatoms. The second-order valence-electron chi connectivity index (χ2n) is 4.88. The summed E-state index contributed by atoms with van der Waals surface area (Å²) in [6.07, 6.45) is 0. The van der Waals surface area contributed by atoms with E-state index in [0.29, 0.717) is 16.5 Å². The highest BCUT2D eigenvalue weighted by Gasteiger charge is 2.42. The topological polar surface area (TPSA) is 176 Å². The molecule has 1 atom stereocenters. The van der Waals surface area contributed by atoms with E-state index in [-0.39, 0.29) is 9.92 Å². The molecule has 0 aliphatic carbocycles. The van der Waals surface area contributed by atoms with Crippen LogP contribution >= 0.6 is 23.4 Å². The van der Waals surface area contributed by atoms with Gasteiger partial charge in [-0.05, 0) is 12.1 Å². The molecule has 0 radical (unpaired) electrons. The number of nitrogens with two attached hydrogens (primary N) is 2. The zero-order chi connectivity index (χ0) is 19.6. The Bertz CT molecular complexity index is 881. The number of halogens is 1. The van der Waals surface area contributed by atoms with Crippen molar-refractivity contribution in [1.82, 2.24) is 4.90 Å². The third-order valence-corrected chi connectivity index (χ3v) is 5.79. The molecule has 142 valence electrons. The van der Waals surface area contributed by atoms with Gasteiger partial charge in [-0.15, -0.1) is 0 Å². The van der Waals surface area contributed by atoms with E-state index in [1.807, 2.05) is 0 Å². The first-order valence-electron chi connectivity index (χ1n) is 6.34. The van der Waals surface area contributed by atoms with Crippen LogP contribution in [-0.4, -0.2) is 56.4 Å². The maximum atomic E-state index is 11.5. The van der Waals surface area contributed by atoms with Gasteiger partial charge in [-0.3, -0.25) is 9.55 Å². The number of hydrogen-bond donors (Lipinski definition) is 4. The molecule has 0 aromatic heterocycles. The van der Waals surface area contributed by atoms with Crippen molar-refractivity contribution in [3.05, 3.63) is 28.8 Å². The molecule has 1 aromatic rings. The number of benzene rings is 1. The van der Waals surface area contributed by atoms with Crippen molar-refractivity contribution in [3.63, 3.8) is 0 Å². The molecule has 1 fully saturated rings. The van der Waals surface area contributed by atoms with Gasteiger partial charge in [0.25, 0.3) is 0 Å². The van der Waals surface area contributed by atoms with Gasteiger partial charge in [-0.1, -0.05) is 29.4 Å². The van der Waals surface area contributed by atoms with Crippen molar-refractivity contribution in [2.75, 3.05) is 19.8 Å². The van der Waals surface area contributed by atoms with Gasteiger partial charge in [0.1, 0.15) is 4.90 Å². The van der Waals surface area contributed by atoms with Crippen LogP contribution in [0.2, 0.25) is 5.02 Å². The summed E-state index contributed by atoms with van der Waals surface area (Å²) in [6.45, 7) is 0. The van der Waals surface area contributed by atoms with E-state index in [1.54, 1.807) is 25.1 Å². The number of primary sulfonamides is 1. The second kappa shape index (κ2) is 7.75. The second-order valence-corrected chi connectivity index (χ2v) is 8.79. The van der Waals surface area contributed by atoms with Crippen LogP contribution in [0.25, 0.3) is 0 Å². The predicted molar refractivity (Wildman–Crippen MR) is 96.0 cm³/mol. The van der Waals surface area contributed by atoms with Gasteiger partial charge in [0.15, 0.2) is 10.9 Å². The number of thioether (sulfide) groups is 1. The molecule has 10 nitrogen and oxygen atoms in total. The average Bonchev–Trinajstić information content (AvgIpc) is 2.73. The predicted octanol–water partition coefficient (Wildman–Crippen LogP) is -0.455. The highest BCUT2D eigenvalue weighted by molar-refractivity contribution is 8.14. The minimum absolute atomic E-state index is 0.0255. The molecule has 0 spiro atoms. The summed E-state index contributed by atoms with van der Waals surface area (Å²) in [4.78, 5) is 5.44. The van der Waals surface area contributed by atoms with Gasteiger partial charge in [0.2, 0.25) is 10.0 Å². The summed E-state index contributed by atoms with van der Waals surface area (Å²) < 4.78 is 48.2. The lowest BCUT2D eigenvalue weighted by atomic mass is 10.0. The fourth-order valence-electron chi connectivity index (χ4n) is 1.98. The Morgan fingerprint density at radius 3 is 2.24 bits per heavy atom. The molecule has 1 aliphatic heterocycles. The Morgan fingerprint density at radius 2 is 1.84 bits per heavy atom. The van der Waals surface area contributed by atoms with Crippen LogP contribution in [0.1, 0.15) is 5.56 Å². The van der Waals surface area contributed by atoms with Crippen molar-refractivity contribution in [2.45, 2.75) is 10.6 Å². The molecule has 0 amide bonds. The van der Waals surface area contributed by atoms with E-state index < -0.39 is 26.1 Å². The molecular formula is C11H17ClN4O6S3. The lowest BCUT2D eigenvalue weighted by molar-refractivity contribution is -0.0349. The van der Waals surface area contributed by atoms with Crippen LogP contribution in [-0.2, 0) is 26.1 Å². The maximum absolute atomic E-state index is 11.5. The third-order valence-electron chi connectivity index (χ3n) is 3.14. The first kappa shape index (κ1) is 22.1. The van der Waals surface area contributed by atoms with E-state index in [4.69, 9.17) is 29.7 Å². The number of nitrogens with zero attached hydrogens (tertiary/aromatic N) is 2. The van der Waals surface area contributed by atoms with Crippen molar-refractivity contribution in [1.29, 1.82) is 0 Å². The average molecular weight is 433 g/mol. The Kier molecular flexibility index (Phi) is 6.86. The summed E-state index contributed by atoms with van der Waals surface area (Å²) in [7, 11) is -4.80. The highest BCUT2D eigenvalue weighted by atomic mass is 35.5. The summed E-state index contributed by atoms with van der Waals surface area (Å²) in [6, 6.07) is 4.29. The highest BCUT2D eigenvalue weighted by Crippen LogP contribution is 2.39. The smallest absolute Gasteiger partial charge is 0.330 e. The lowest BCUT2D eigenvalue weighted by Gasteiger charge is -2.31. The fourth-order valence-corrected chi connectivity index (χ4v) is 4.21. The van der Waals surface area contributed by atoms with E-state index in [0.717, 1.165) is 0 Å². The molecular weight excluding hydrogens is 416 g/mol. The zero-order valence-corrected chi connectivity index (χ0v) is 16.3. The Morgan fingerprint density at radius 1 is 1.32 bits per heavy atom. The first-order chi connectivity index (χ1) is 11.2. The van der Waals surface area contributed by atoms with Crippen LogP contribution in [0.3, 0.4) is 0 Å². The maximum Gasteiger partial charge on any atom is 0.330 e. The summed E-state index contributed by atoms with van der Waals surface area (Å²) in [5.41, 5.74) is -0.941. The van der Waals surface area contributed by atoms with Gasteiger partial charge >= 0.3 is 10.3 Å². The number of aliphatic hydroxyl groups is 1. The van der Waals surface area contributed by atoms with Crippen LogP contribution in [0.15, 0.2) is 28.1 Å². The van der Waals surface area contributed by atoms with Gasteiger partial charge < -0.3 is 10.0 Å². The molecule has 0 bridgehead atoms. The number of sulfonamides is 1. The molecule has 2 rings (SSSR count). The van der Waals surface area contributed by atoms with E-state index in [1.165, 1.54) is 23.9 Å². The minimum Gasteiger partial charge on any atom is -0.366 e. The van der Waals surface area contributed by atoms with Crippen LogP contribution in [0.4, 0.5) is 0 Å². The number of rotatable bonds is 2. The van der Waals surface area contributed by atoms with E-state index in [2.05, 4.69) is 10.1 Å². The number of aliphatic imine (C=N–C) groups is 1. The van der Waals surface area contributed by atoms with Crippen LogP contribution in [0, 0.1) is 0 Å². The van der Waals surface area contributed by atoms with Crippen molar-refractivity contribution in [2.24, 2.45) is 15.3 Å². The zero-order valence-electron chi connectivity index (χ0n) is 13.1. The molecule has 1 saturated heterocycles. The fraction of sp³-hybridized carbons (Fsp3) is 0.364. The first-order valence-corrected chi connectivity index (χ1v) is 10.8. The molecule has 0 saturated carbocycles. The third kappa shape index (κ3) is 5.79. The van der Waals surface area contributed by atoms with E-state index >= 15 is 0 Å². The van der Waals surface area contributed by atoms with Crippen LogP contribution < -0.4 is 10.3 Å². The monoisotopic (exact) mass is 432 g/mol. The van der Waals surface area contributed by atoms with Gasteiger partial charge in [0.05, 0.1) is 10.8 Å². The molecule has 1 aromatic carbocycles. The Hall–Kier alpha value is -0.930. The molecule has 6 N–H and O–H groups in total. The van der Waals surface area contributed by atoms with Crippen molar-refractivity contribution < 1.29 is 26.5 Å². The van der Waals surface area contributed by atoms with Gasteiger partial charge in [-0.25, -0.2) is 18.7 Å². The molecule has 1 aliphatic rings. The van der Waals surface area contributed by atoms with Crippen LogP contribution in [0.5, 0.6) is 0 Å². The Balaban J connectivity index is 0.000000550. The Labute approximate surface area is 154 Å². The summed E-state index contributed by atoms with van der Waals surface area (Å²) >= 11 is 7.22. The van der Waals surface area contributed by atoms with E-state index in [9.17, 15) is 13.5 Å². The molecule has 1 heterocycles. The lowest BCUT2D eigenvalue weighted by Crippen LogP contribution is -2.42. The minimum atomic E-state index is -4.17. The number of hydrogen-bond acceptors (Lipinski definition) is 7. The normalized spacial score (nSPS) is 22.7. The standard InChI is InChI=1S/C11H14ClN3O3S2.H3NO3S/c1-14-10-15(2)11(16,6-19-10)7-3-4-8(12)9(5-7)20(13,17)18;1-5(2,3)4/h3-5,16H,6H2,1-2H3,(H2,13,17,18);(H3,1,2,3,4). The molecule has 25 heavy (non-hydrogen) atoms. The largest absolute Gasteiger partial charge is 0.366 e. The summed E-state index contributed by atoms with van der Waals surface area (Å²) in [5.74, 6) is 0.335. The van der Waals surface area contributed by atoms with Gasteiger partial charge in [-0.2, -0.15) is 8.42 Å². The van der Waals surface area contributed by atoms with Crippen molar-refractivity contribution >= 4 is 48.9 Å². The van der Waals surface area contributed by atoms with Gasteiger partial charge in [0, 0.05) is 19.7 Å². The number of amidine groups is 1.